The molecule has 0 bridgehead atoms. The van der Waals surface area contributed by atoms with Gasteiger partial charge in [0.1, 0.15) is 4.90 Å². The van der Waals surface area contributed by atoms with Gasteiger partial charge in [0.15, 0.2) is 5.65 Å². The van der Waals surface area contributed by atoms with Crippen molar-refractivity contribution in [1.82, 2.24) is 14.6 Å². The second-order valence-electron chi connectivity index (χ2n) is 4.66. The summed E-state index contributed by atoms with van der Waals surface area (Å²) in [7, 11) is -1.38. The molecule has 0 aliphatic carbocycles. The van der Waals surface area contributed by atoms with Gasteiger partial charge in [-0.2, -0.15) is 0 Å². The molecule has 3 aromatic rings. The van der Waals surface area contributed by atoms with E-state index in [0.29, 0.717) is 16.4 Å². The van der Waals surface area contributed by atoms with Crippen molar-refractivity contribution in [2.24, 2.45) is 0 Å². The summed E-state index contributed by atoms with van der Waals surface area (Å²) in [4.78, 5) is 16.9. The average molecular weight is 322 g/mol. The van der Waals surface area contributed by atoms with E-state index in [1.54, 1.807) is 25.1 Å². The number of H-pyrrole nitrogens is 1. The number of aromatic amines is 1. The van der Waals surface area contributed by atoms with Crippen molar-refractivity contribution in [3.05, 3.63) is 51.4 Å². The van der Waals surface area contributed by atoms with Crippen LogP contribution in [0.1, 0.15) is 5.69 Å². The Morgan fingerprint density at radius 2 is 1.95 bits per heavy atom. The second-order valence-corrected chi connectivity index (χ2v) is 6.41. The molecule has 2 heterocycles. The number of aromatic nitrogens is 3. The fourth-order valence-electron chi connectivity index (χ4n) is 2.23. The molecule has 21 heavy (non-hydrogen) atoms. The Morgan fingerprint density at radius 1 is 1.29 bits per heavy atom. The standard InChI is InChI=1S/C14H12ClN3O2S/c1-8-13(21(2)20)14(19)18-12(16-8)7-11(17-18)9-3-5-10(15)6-4-9/h3-7,17H,1-2H3. The molecule has 0 saturated carbocycles. The summed E-state index contributed by atoms with van der Waals surface area (Å²) < 4.78 is 13.0. The first-order valence-corrected chi connectivity index (χ1v) is 8.12. The molecule has 1 aromatic carbocycles. The zero-order valence-electron chi connectivity index (χ0n) is 11.4. The predicted octanol–water partition coefficient (Wildman–Crippen LogP) is 2.39. The van der Waals surface area contributed by atoms with Gasteiger partial charge in [-0.25, -0.2) is 9.50 Å². The van der Waals surface area contributed by atoms with Gasteiger partial charge in [0.2, 0.25) is 0 Å². The van der Waals surface area contributed by atoms with Crippen LogP contribution in [0.25, 0.3) is 16.9 Å². The molecule has 7 heteroatoms. The zero-order chi connectivity index (χ0) is 15.1. The highest BCUT2D eigenvalue weighted by Gasteiger charge is 2.15. The first kappa shape index (κ1) is 14.0. The topological polar surface area (TPSA) is 67.2 Å². The van der Waals surface area contributed by atoms with E-state index in [9.17, 15) is 9.00 Å². The van der Waals surface area contributed by atoms with E-state index >= 15 is 0 Å². The van der Waals surface area contributed by atoms with E-state index in [4.69, 9.17) is 11.6 Å². The van der Waals surface area contributed by atoms with Gasteiger partial charge < -0.3 is 0 Å². The van der Waals surface area contributed by atoms with Gasteiger partial charge in [0.05, 0.1) is 22.2 Å². The second kappa shape index (κ2) is 5.13. The lowest BCUT2D eigenvalue weighted by molar-refractivity contribution is 0.683. The predicted molar refractivity (Wildman–Crippen MR) is 83.3 cm³/mol. The Hall–Kier alpha value is -1.92. The fourth-order valence-corrected chi connectivity index (χ4v) is 3.15. The quantitative estimate of drug-likeness (QED) is 0.788. The molecule has 0 saturated heterocycles. The molecule has 1 unspecified atom stereocenters. The Labute approximate surface area is 128 Å². The van der Waals surface area contributed by atoms with Crippen molar-refractivity contribution in [3.8, 4) is 11.3 Å². The summed E-state index contributed by atoms with van der Waals surface area (Å²) in [5, 5.41) is 3.63. The van der Waals surface area contributed by atoms with Crippen molar-refractivity contribution in [3.63, 3.8) is 0 Å². The van der Waals surface area contributed by atoms with Gasteiger partial charge in [-0.1, -0.05) is 23.7 Å². The number of aryl methyl sites for hydroxylation is 1. The summed E-state index contributed by atoms with van der Waals surface area (Å²) in [6, 6.07) is 9.03. The highest BCUT2D eigenvalue weighted by molar-refractivity contribution is 7.84. The van der Waals surface area contributed by atoms with Crippen LogP contribution >= 0.6 is 11.6 Å². The van der Waals surface area contributed by atoms with Crippen LogP contribution in [0.3, 0.4) is 0 Å². The molecular formula is C14H12ClN3O2S. The maximum absolute atomic E-state index is 12.4. The number of hydrogen-bond donors (Lipinski definition) is 1. The Balaban J connectivity index is 2.25. The largest absolute Gasteiger partial charge is 0.289 e. The highest BCUT2D eigenvalue weighted by atomic mass is 35.5. The number of hydrogen-bond acceptors (Lipinski definition) is 3. The molecule has 0 radical (unpaired) electrons. The Bertz CT molecular complexity index is 912. The van der Waals surface area contributed by atoms with E-state index in [-0.39, 0.29) is 10.5 Å². The summed E-state index contributed by atoms with van der Waals surface area (Å²) >= 11 is 5.87. The molecule has 1 N–H and O–H groups in total. The average Bonchev–Trinajstić information content (AvgIpc) is 2.83. The molecule has 108 valence electrons. The first-order chi connectivity index (χ1) is 9.97. The molecule has 1 atom stereocenters. The van der Waals surface area contributed by atoms with Gasteiger partial charge in [0, 0.05) is 17.3 Å². The Morgan fingerprint density at radius 3 is 2.57 bits per heavy atom. The number of nitrogens with zero attached hydrogens (tertiary/aromatic N) is 2. The minimum absolute atomic E-state index is 0.219. The summed E-state index contributed by atoms with van der Waals surface area (Å²) in [6.45, 7) is 1.69. The van der Waals surface area contributed by atoms with Crippen LogP contribution in [-0.2, 0) is 10.8 Å². The number of halogens is 1. The van der Waals surface area contributed by atoms with Crippen LogP contribution in [0, 0.1) is 6.92 Å². The van der Waals surface area contributed by atoms with E-state index in [1.807, 2.05) is 12.1 Å². The van der Waals surface area contributed by atoms with Gasteiger partial charge in [0.25, 0.3) is 5.56 Å². The highest BCUT2D eigenvalue weighted by Crippen LogP contribution is 2.21. The third kappa shape index (κ3) is 2.41. The molecule has 3 rings (SSSR count). The fraction of sp³-hybridized carbons (Fsp3) is 0.143. The van der Waals surface area contributed by atoms with Gasteiger partial charge >= 0.3 is 0 Å². The molecule has 0 aliphatic rings. The molecular weight excluding hydrogens is 310 g/mol. The van der Waals surface area contributed by atoms with Crippen LogP contribution in [0.2, 0.25) is 5.02 Å². The van der Waals surface area contributed by atoms with E-state index in [2.05, 4.69) is 10.1 Å². The third-order valence-electron chi connectivity index (χ3n) is 3.19. The van der Waals surface area contributed by atoms with Crippen molar-refractivity contribution in [2.75, 3.05) is 6.26 Å². The van der Waals surface area contributed by atoms with E-state index in [1.165, 1.54) is 10.8 Å². The number of rotatable bonds is 2. The number of fused-ring (bicyclic) bond motifs is 1. The van der Waals surface area contributed by atoms with Crippen molar-refractivity contribution < 1.29 is 4.21 Å². The molecule has 0 aliphatic heterocycles. The maximum atomic E-state index is 12.4. The van der Waals surface area contributed by atoms with Crippen LogP contribution in [-0.4, -0.2) is 25.1 Å². The number of benzene rings is 1. The van der Waals surface area contributed by atoms with Crippen LogP contribution in [0.15, 0.2) is 40.0 Å². The van der Waals surface area contributed by atoms with Gasteiger partial charge in [-0.15, -0.1) is 0 Å². The normalized spacial score (nSPS) is 12.7. The van der Waals surface area contributed by atoms with Crippen LogP contribution in [0.5, 0.6) is 0 Å². The maximum Gasteiger partial charge on any atom is 0.289 e. The zero-order valence-corrected chi connectivity index (χ0v) is 13.0. The van der Waals surface area contributed by atoms with Crippen molar-refractivity contribution >= 4 is 28.0 Å². The lowest BCUT2D eigenvalue weighted by atomic mass is 10.2. The Kier molecular flexibility index (Phi) is 3.43. The monoisotopic (exact) mass is 321 g/mol. The lowest BCUT2D eigenvalue weighted by Crippen LogP contribution is -2.22. The van der Waals surface area contributed by atoms with E-state index < -0.39 is 10.8 Å². The van der Waals surface area contributed by atoms with Gasteiger partial charge in [-0.3, -0.25) is 14.1 Å². The SMILES string of the molecule is Cc1nc2cc(-c3ccc(Cl)cc3)[nH]n2c(=O)c1S(C)=O. The number of nitrogens with one attached hydrogen (secondary N) is 1. The summed E-state index contributed by atoms with van der Waals surface area (Å²) in [5.41, 5.74) is 2.29. The van der Waals surface area contributed by atoms with Gasteiger partial charge in [-0.05, 0) is 24.6 Å². The molecule has 2 aromatic heterocycles. The summed E-state index contributed by atoms with van der Waals surface area (Å²) in [5.74, 6) is 0. The van der Waals surface area contributed by atoms with Crippen LogP contribution in [0.4, 0.5) is 0 Å². The minimum atomic E-state index is -1.38. The molecule has 0 amide bonds. The summed E-state index contributed by atoms with van der Waals surface area (Å²) in [6.07, 6.45) is 1.47. The molecule has 0 spiro atoms. The molecule has 5 nitrogen and oxygen atoms in total. The van der Waals surface area contributed by atoms with Crippen LogP contribution < -0.4 is 5.56 Å². The first-order valence-electron chi connectivity index (χ1n) is 6.19. The van der Waals surface area contributed by atoms with E-state index in [0.717, 1.165) is 11.3 Å². The third-order valence-corrected chi connectivity index (χ3v) is 4.48. The van der Waals surface area contributed by atoms with Crippen molar-refractivity contribution in [1.29, 1.82) is 0 Å². The smallest absolute Gasteiger partial charge is 0.289 e. The lowest BCUT2D eigenvalue weighted by Gasteiger charge is -2.01. The molecule has 0 fully saturated rings. The minimum Gasteiger partial charge on any atom is -0.289 e. The van der Waals surface area contributed by atoms with Crippen molar-refractivity contribution in [2.45, 2.75) is 11.8 Å².